The number of nitrogens with one attached hydrogen (secondary N) is 1. The molecule has 0 fully saturated rings. The lowest BCUT2D eigenvalue weighted by Gasteiger charge is -1.96. The second-order valence-electron chi connectivity index (χ2n) is 3.22. The number of rotatable bonds is 4. The Balaban J connectivity index is 2.06. The molecule has 0 aromatic carbocycles. The van der Waals surface area contributed by atoms with Crippen LogP contribution in [-0.2, 0) is 4.79 Å². The molecule has 2 aromatic heterocycles. The van der Waals surface area contributed by atoms with Gasteiger partial charge in [-0.25, -0.2) is 0 Å². The Labute approximate surface area is 96.5 Å². The van der Waals surface area contributed by atoms with Crippen molar-refractivity contribution in [1.82, 2.24) is 10.2 Å². The van der Waals surface area contributed by atoms with Crippen LogP contribution in [0.25, 0.3) is 11.5 Å². The number of hydrogen-bond acceptors (Lipinski definition) is 5. The van der Waals surface area contributed by atoms with Gasteiger partial charge >= 0.3 is 6.01 Å². The molecule has 0 aliphatic heterocycles. The molecular weight excluding hydrogens is 226 g/mol. The Morgan fingerprint density at radius 3 is 3.12 bits per heavy atom. The van der Waals surface area contributed by atoms with Crippen molar-refractivity contribution in [3.8, 4) is 11.5 Å². The molecule has 16 heavy (non-hydrogen) atoms. The minimum absolute atomic E-state index is 0.108. The van der Waals surface area contributed by atoms with E-state index in [1.165, 1.54) is 0 Å². The fourth-order valence-electron chi connectivity index (χ4n) is 1.19. The van der Waals surface area contributed by atoms with E-state index in [0.29, 0.717) is 12.3 Å². The molecule has 5 nitrogen and oxygen atoms in total. The summed E-state index contributed by atoms with van der Waals surface area (Å²) in [7, 11) is 0. The van der Waals surface area contributed by atoms with Crippen LogP contribution in [0.2, 0.25) is 0 Å². The van der Waals surface area contributed by atoms with Crippen LogP contribution in [0.1, 0.15) is 19.8 Å². The smallest absolute Gasteiger partial charge is 0.322 e. The van der Waals surface area contributed by atoms with Crippen molar-refractivity contribution in [2.45, 2.75) is 19.8 Å². The molecule has 0 atom stereocenters. The van der Waals surface area contributed by atoms with Gasteiger partial charge in [-0.15, -0.1) is 5.10 Å². The highest BCUT2D eigenvalue weighted by Crippen LogP contribution is 2.21. The summed E-state index contributed by atoms with van der Waals surface area (Å²) >= 11 is 1.55. The summed E-state index contributed by atoms with van der Waals surface area (Å²) in [5.74, 6) is 0.316. The van der Waals surface area contributed by atoms with E-state index in [1.54, 1.807) is 11.3 Å². The van der Waals surface area contributed by atoms with E-state index < -0.39 is 0 Å². The van der Waals surface area contributed by atoms with Gasteiger partial charge in [0.25, 0.3) is 5.89 Å². The minimum atomic E-state index is -0.108. The SMILES string of the molecule is CCCC(=O)Nc1nnc(-c2ccsc2)o1. The summed E-state index contributed by atoms with van der Waals surface area (Å²) in [5.41, 5.74) is 0.869. The Kier molecular flexibility index (Phi) is 3.31. The summed E-state index contributed by atoms with van der Waals surface area (Å²) in [6.07, 6.45) is 1.24. The standard InChI is InChI=1S/C10H11N3O2S/c1-2-3-8(14)11-10-13-12-9(15-10)7-4-5-16-6-7/h4-6H,2-3H2,1H3,(H,11,13,14). The third kappa shape index (κ3) is 2.46. The predicted octanol–water partition coefficient (Wildman–Crippen LogP) is 2.54. The number of hydrogen-bond donors (Lipinski definition) is 1. The van der Waals surface area contributed by atoms with Crippen molar-refractivity contribution >= 4 is 23.3 Å². The lowest BCUT2D eigenvalue weighted by atomic mass is 10.3. The quantitative estimate of drug-likeness (QED) is 0.887. The second-order valence-corrected chi connectivity index (χ2v) is 4.00. The number of anilines is 1. The van der Waals surface area contributed by atoms with Gasteiger partial charge in [-0.2, -0.15) is 11.3 Å². The first kappa shape index (κ1) is 10.8. The summed E-state index contributed by atoms with van der Waals surface area (Å²) in [6.45, 7) is 1.93. The average Bonchev–Trinajstić information content (AvgIpc) is 2.86. The minimum Gasteiger partial charge on any atom is -0.403 e. The number of aromatic nitrogens is 2. The summed E-state index contributed by atoms with van der Waals surface area (Å²) in [4.78, 5) is 11.3. The molecule has 1 amide bonds. The van der Waals surface area contributed by atoms with Gasteiger partial charge in [0, 0.05) is 17.4 Å². The van der Waals surface area contributed by atoms with Crippen LogP contribution in [0.15, 0.2) is 21.2 Å². The molecular formula is C10H11N3O2S. The zero-order chi connectivity index (χ0) is 11.4. The van der Waals surface area contributed by atoms with Crippen molar-refractivity contribution in [3.05, 3.63) is 16.8 Å². The molecule has 0 spiro atoms. The maximum Gasteiger partial charge on any atom is 0.322 e. The number of carbonyl (C=O) groups is 1. The van der Waals surface area contributed by atoms with Crippen molar-refractivity contribution in [3.63, 3.8) is 0 Å². The Morgan fingerprint density at radius 1 is 1.56 bits per heavy atom. The molecule has 84 valence electrons. The summed E-state index contributed by atoms with van der Waals surface area (Å²) in [5, 5.41) is 14.0. The molecule has 0 unspecified atom stereocenters. The molecule has 0 aliphatic carbocycles. The van der Waals surface area contributed by atoms with Gasteiger partial charge in [0.05, 0.1) is 0 Å². The predicted molar refractivity (Wildman–Crippen MR) is 61.1 cm³/mol. The number of thiophene rings is 1. The van der Waals surface area contributed by atoms with Gasteiger partial charge < -0.3 is 4.42 Å². The van der Waals surface area contributed by atoms with E-state index in [0.717, 1.165) is 12.0 Å². The highest BCUT2D eigenvalue weighted by molar-refractivity contribution is 7.08. The number of amides is 1. The second kappa shape index (κ2) is 4.89. The monoisotopic (exact) mass is 237 g/mol. The number of carbonyl (C=O) groups excluding carboxylic acids is 1. The van der Waals surface area contributed by atoms with E-state index in [1.807, 2.05) is 23.8 Å². The van der Waals surface area contributed by atoms with E-state index >= 15 is 0 Å². The maximum atomic E-state index is 11.3. The lowest BCUT2D eigenvalue weighted by Crippen LogP contribution is -2.10. The van der Waals surface area contributed by atoms with Gasteiger partial charge in [0.1, 0.15) is 0 Å². The number of nitrogens with zero attached hydrogens (tertiary/aromatic N) is 2. The zero-order valence-corrected chi connectivity index (χ0v) is 9.58. The van der Waals surface area contributed by atoms with Crippen molar-refractivity contribution in [2.75, 3.05) is 5.32 Å². The Hall–Kier alpha value is -1.69. The Morgan fingerprint density at radius 2 is 2.44 bits per heavy atom. The van der Waals surface area contributed by atoms with Crippen LogP contribution < -0.4 is 5.32 Å². The first-order valence-corrected chi connectivity index (χ1v) is 5.90. The topological polar surface area (TPSA) is 68.0 Å². The normalized spacial score (nSPS) is 10.3. The van der Waals surface area contributed by atoms with Crippen LogP contribution in [-0.4, -0.2) is 16.1 Å². The molecule has 0 saturated carbocycles. The van der Waals surface area contributed by atoms with Gasteiger partial charge in [0.15, 0.2) is 0 Å². The first-order chi connectivity index (χ1) is 7.79. The van der Waals surface area contributed by atoms with Crippen molar-refractivity contribution in [1.29, 1.82) is 0 Å². The van der Waals surface area contributed by atoms with Crippen LogP contribution in [0, 0.1) is 0 Å². The third-order valence-electron chi connectivity index (χ3n) is 1.92. The van der Waals surface area contributed by atoms with Gasteiger partial charge in [-0.05, 0) is 17.9 Å². The van der Waals surface area contributed by atoms with Crippen LogP contribution in [0.5, 0.6) is 0 Å². The van der Waals surface area contributed by atoms with E-state index in [9.17, 15) is 4.79 Å². The Bertz CT molecular complexity index is 464. The average molecular weight is 237 g/mol. The molecule has 0 saturated heterocycles. The largest absolute Gasteiger partial charge is 0.403 e. The maximum absolute atomic E-state index is 11.3. The highest BCUT2D eigenvalue weighted by atomic mass is 32.1. The van der Waals surface area contributed by atoms with Crippen LogP contribution >= 0.6 is 11.3 Å². The molecule has 2 rings (SSSR count). The van der Waals surface area contributed by atoms with Crippen molar-refractivity contribution in [2.24, 2.45) is 0 Å². The fourth-order valence-corrected chi connectivity index (χ4v) is 1.82. The van der Waals surface area contributed by atoms with Crippen molar-refractivity contribution < 1.29 is 9.21 Å². The van der Waals surface area contributed by atoms with E-state index in [4.69, 9.17) is 4.42 Å². The zero-order valence-electron chi connectivity index (χ0n) is 8.77. The van der Waals surface area contributed by atoms with E-state index in [2.05, 4.69) is 15.5 Å². The first-order valence-electron chi connectivity index (χ1n) is 4.95. The van der Waals surface area contributed by atoms with Crippen LogP contribution in [0.4, 0.5) is 6.01 Å². The molecule has 2 aromatic rings. The van der Waals surface area contributed by atoms with E-state index in [-0.39, 0.29) is 11.9 Å². The molecule has 2 heterocycles. The van der Waals surface area contributed by atoms with Gasteiger partial charge in [-0.3, -0.25) is 10.1 Å². The summed E-state index contributed by atoms with van der Waals surface area (Å²) < 4.78 is 5.30. The molecule has 0 radical (unpaired) electrons. The lowest BCUT2D eigenvalue weighted by molar-refractivity contribution is -0.116. The van der Waals surface area contributed by atoms with Crippen LogP contribution in [0.3, 0.4) is 0 Å². The molecule has 6 heteroatoms. The summed E-state index contributed by atoms with van der Waals surface area (Å²) in [6, 6.07) is 2.04. The third-order valence-corrected chi connectivity index (χ3v) is 2.60. The molecule has 0 aliphatic rings. The van der Waals surface area contributed by atoms with Gasteiger partial charge in [-0.1, -0.05) is 12.0 Å². The molecule has 0 bridgehead atoms. The fraction of sp³-hybridized carbons (Fsp3) is 0.300. The molecule has 1 N–H and O–H groups in total. The van der Waals surface area contributed by atoms with Gasteiger partial charge in [0.2, 0.25) is 5.91 Å². The highest BCUT2D eigenvalue weighted by Gasteiger charge is 2.10.